The molecule has 0 aromatic rings. The molecular weight excluding hydrogens is 202 g/mol. The molecular formula is C13H23NO2. The second-order valence-corrected chi connectivity index (χ2v) is 5.57. The zero-order valence-corrected chi connectivity index (χ0v) is 10.4. The van der Waals surface area contributed by atoms with Crippen molar-refractivity contribution in [1.82, 2.24) is 5.32 Å². The molecule has 92 valence electrons. The molecule has 3 heteroatoms. The second kappa shape index (κ2) is 4.74. The van der Waals surface area contributed by atoms with Gasteiger partial charge in [-0.1, -0.05) is 32.1 Å². The first-order valence-electron chi connectivity index (χ1n) is 6.49. The third kappa shape index (κ3) is 2.24. The largest absolute Gasteiger partial charge is 0.468 e. The quantitative estimate of drug-likeness (QED) is 0.731. The number of nitrogens with one attached hydrogen (secondary N) is 1. The third-order valence-corrected chi connectivity index (χ3v) is 4.38. The van der Waals surface area contributed by atoms with Crippen molar-refractivity contribution < 1.29 is 9.53 Å². The molecule has 3 nitrogen and oxygen atoms in total. The van der Waals surface area contributed by atoms with E-state index in [1.807, 2.05) is 6.92 Å². The highest BCUT2D eigenvalue weighted by molar-refractivity contribution is 5.80. The van der Waals surface area contributed by atoms with E-state index in [0.717, 1.165) is 18.9 Å². The van der Waals surface area contributed by atoms with E-state index in [-0.39, 0.29) is 5.97 Å². The maximum Gasteiger partial charge on any atom is 0.325 e. The summed E-state index contributed by atoms with van der Waals surface area (Å²) in [7, 11) is 1.48. The summed E-state index contributed by atoms with van der Waals surface area (Å²) >= 11 is 0. The van der Waals surface area contributed by atoms with Gasteiger partial charge in [-0.2, -0.15) is 0 Å². The summed E-state index contributed by atoms with van der Waals surface area (Å²) < 4.78 is 4.87. The topological polar surface area (TPSA) is 38.3 Å². The molecule has 1 saturated heterocycles. The highest BCUT2D eigenvalue weighted by atomic mass is 16.5. The summed E-state index contributed by atoms with van der Waals surface area (Å²) in [6.45, 7) is 2.96. The number of ether oxygens (including phenoxy) is 1. The number of carbonyl (C=O) groups excluding carboxylic acids is 1. The van der Waals surface area contributed by atoms with Crippen LogP contribution in [0.4, 0.5) is 0 Å². The van der Waals surface area contributed by atoms with Crippen LogP contribution in [0.1, 0.15) is 45.4 Å². The van der Waals surface area contributed by atoms with Crippen molar-refractivity contribution in [3.8, 4) is 0 Å². The molecule has 2 unspecified atom stereocenters. The van der Waals surface area contributed by atoms with E-state index in [1.165, 1.54) is 39.2 Å². The van der Waals surface area contributed by atoms with Gasteiger partial charge in [0.15, 0.2) is 0 Å². The Morgan fingerprint density at radius 2 is 1.94 bits per heavy atom. The van der Waals surface area contributed by atoms with Gasteiger partial charge >= 0.3 is 5.97 Å². The SMILES string of the molecule is COC(=O)C1(C)CC(C2CCCCC2)CN1. The first-order valence-corrected chi connectivity index (χ1v) is 6.49. The normalized spacial score (nSPS) is 36.2. The minimum absolute atomic E-state index is 0.106. The molecule has 1 aliphatic carbocycles. The van der Waals surface area contributed by atoms with Crippen molar-refractivity contribution in [2.24, 2.45) is 11.8 Å². The lowest BCUT2D eigenvalue weighted by atomic mass is 9.77. The van der Waals surface area contributed by atoms with Gasteiger partial charge in [0.25, 0.3) is 0 Å². The Morgan fingerprint density at radius 3 is 2.56 bits per heavy atom. The van der Waals surface area contributed by atoms with Crippen LogP contribution in [0.25, 0.3) is 0 Å². The molecule has 0 amide bonds. The van der Waals surface area contributed by atoms with Gasteiger partial charge in [0.1, 0.15) is 5.54 Å². The van der Waals surface area contributed by atoms with E-state index >= 15 is 0 Å². The van der Waals surface area contributed by atoms with Crippen molar-refractivity contribution >= 4 is 5.97 Å². The Hall–Kier alpha value is -0.570. The van der Waals surface area contributed by atoms with Crippen molar-refractivity contribution in [1.29, 1.82) is 0 Å². The van der Waals surface area contributed by atoms with Gasteiger partial charge in [0, 0.05) is 0 Å². The molecule has 0 aromatic heterocycles. The second-order valence-electron chi connectivity index (χ2n) is 5.57. The highest BCUT2D eigenvalue weighted by Gasteiger charge is 2.44. The summed E-state index contributed by atoms with van der Waals surface area (Å²) in [5, 5.41) is 3.36. The van der Waals surface area contributed by atoms with Gasteiger partial charge in [-0.3, -0.25) is 4.79 Å². The fourth-order valence-corrected chi connectivity index (χ4v) is 3.34. The van der Waals surface area contributed by atoms with E-state index in [0.29, 0.717) is 5.92 Å². The lowest BCUT2D eigenvalue weighted by Crippen LogP contribution is -2.45. The standard InChI is InChI=1S/C13H23NO2/c1-13(12(15)16-2)8-11(9-14-13)10-6-4-3-5-7-10/h10-11,14H,3-9H2,1-2H3. The fourth-order valence-electron chi connectivity index (χ4n) is 3.34. The number of rotatable bonds is 2. The lowest BCUT2D eigenvalue weighted by Gasteiger charge is -2.27. The molecule has 0 radical (unpaired) electrons. The predicted molar refractivity (Wildman–Crippen MR) is 63.1 cm³/mol. The zero-order valence-electron chi connectivity index (χ0n) is 10.4. The molecule has 0 bridgehead atoms. The number of hydrogen-bond acceptors (Lipinski definition) is 3. The van der Waals surface area contributed by atoms with Crippen LogP contribution in [0.3, 0.4) is 0 Å². The van der Waals surface area contributed by atoms with Crippen LogP contribution in [0, 0.1) is 11.8 Å². The number of hydrogen-bond donors (Lipinski definition) is 1. The summed E-state index contributed by atoms with van der Waals surface area (Å²) in [6.07, 6.45) is 7.79. The maximum atomic E-state index is 11.7. The molecule has 1 aliphatic heterocycles. The number of methoxy groups -OCH3 is 1. The van der Waals surface area contributed by atoms with E-state index in [4.69, 9.17) is 4.74 Å². The number of esters is 1. The third-order valence-electron chi connectivity index (χ3n) is 4.38. The van der Waals surface area contributed by atoms with Crippen molar-refractivity contribution in [3.63, 3.8) is 0 Å². The van der Waals surface area contributed by atoms with Gasteiger partial charge in [-0.15, -0.1) is 0 Å². The van der Waals surface area contributed by atoms with Crippen molar-refractivity contribution in [2.45, 2.75) is 51.0 Å². The maximum absolute atomic E-state index is 11.7. The van der Waals surface area contributed by atoms with Crippen LogP contribution in [0.15, 0.2) is 0 Å². The van der Waals surface area contributed by atoms with E-state index in [1.54, 1.807) is 0 Å². The minimum Gasteiger partial charge on any atom is -0.468 e. The van der Waals surface area contributed by atoms with Crippen LogP contribution in [0.5, 0.6) is 0 Å². The minimum atomic E-state index is -0.434. The predicted octanol–water partition coefficient (Wildman–Crippen LogP) is 2.11. The van der Waals surface area contributed by atoms with Gasteiger partial charge in [0.2, 0.25) is 0 Å². The fraction of sp³-hybridized carbons (Fsp3) is 0.923. The van der Waals surface area contributed by atoms with Gasteiger partial charge in [-0.25, -0.2) is 0 Å². The highest BCUT2D eigenvalue weighted by Crippen LogP contribution is 2.37. The van der Waals surface area contributed by atoms with Crippen LogP contribution in [-0.4, -0.2) is 25.2 Å². The molecule has 2 rings (SSSR count). The van der Waals surface area contributed by atoms with E-state index in [9.17, 15) is 4.79 Å². The molecule has 16 heavy (non-hydrogen) atoms. The summed E-state index contributed by atoms with van der Waals surface area (Å²) in [5.74, 6) is 1.39. The first-order chi connectivity index (χ1) is 7.65. The van der Waals surface area contributed by atoms with Crippen LogP contribution >= 0.6 is 0 Å². The molecule has 2 fully saturated rings. The Kier molecular flexibility index (Phi) is 3.53. The Balaban J connectivity index is 1.93. The number of carbonyl (C=O) groups is 1. The Labute approximate surface area is 97.9 Å². The van der Waals surface area contributed by atoms with Gasteiger partial charge in [-0.05, 0) is 31.7 Å². The average molecular weight is 225 g/mol. The van der Waals surface area contributed by atoms with E-state index in [2.05, 4.69) is 5.32 Å². The molecule has 2 aliphatic rings. The molecule has 1 N–H and O–H groups in total. The lowest BCUT2D eigenvalue weighted by molar-refractivity contribution is -0.147. The molecule has 1 saturated carbocycles. The Morgan fingerprint density at radius 1 is 1.25 bits per heavy atom. The van der Waals surface area contributed by atoms with Crippen LogP contribution in [0.2, 0.25) is 0 Å². The summed E-state index contributed by atoms with van der Waals surface area (Å²) in [5.41, 5.74) is -0.434. The Bertz CT molecular complexity index is 261. The van der Waals surface area contributed by atoms with Crippen LogP contribution < -0.4 is 5.32 Å². The van der Waals surface area contributed by atoms with Gasteiger partial charge < -0.3 is 10.1 Å². The monoisotopic (exact) mass is 225 g/mol. The van der Waals surface area contributed by atoms with Crippen LogP contribution in [-0.2, 0) is 9.53 Å². The van der Waals surface area contributed by atoms with E-state index < -0.39 is 5.54 Å². The van der Waals surface area contributed by atoms with Crippen molar-refractivity contribution in [3.05, 3.63) is 0 Å². The summed E-state index contributed by atoms with van der Waals surface area (Å²) in [6, 6.07) is 0. The molecule has 0 spiro atoms. The molecule has 0 aromatic carbocycles. The summed E-state index contributed by atoms with van der Waals surface area (Å²) in [4.78, 5) is 11.7. The smallest absolute Gasteiger partial charge is 0.325 e. The zero-order chi connectivity index (χ0) is 11.6. The van der Waals surface area contributed by atoms with Crippen molar-refractivity contribution in [2.75, 3.05) is 13.7 Å². The molecule has 2 atom stereocenters. The molecule has 1 heterocycles. The van der Waals surface area contributed by atoms with Gasteiger partial charge in [0.05, 0.1) is 7.11 Å². The first kappa shape index (κ1) is 11.9. The average Bonchev–Trinajstić information content (AvgIpc) is 2.73.